The molecule has 0 saturated heterocycles. The van der Waals surface area contributed by atoms with Crippen molar-refractivity contribution in [1.82, 2.24) is 0 Å². The number of rotatable bonds is 2. The summed E-state index contributed by atoms with van der Waals surface area (Å²) in [7, 11) is 0. The summed E-state index contributed by atoms with van der Waals surface area (Å²) in [5.41, 5.74) is 1.08. The number of benzene rings is 2. The van der Waals surface area contributed by atoms with E-state index in [0.29, 0.717) is 12.5 Å². The summed E-state index contributed by atoms with van der Waals surface area (Å²) in [6.07, 6.45) is 0. The summed E-state index contributed by atoms with van der Waals surface area (Å²) in [4.78, 5) is 4.71. The van der Waals surface area contributed by atoms with Gasteiger partial charge in [-0.2, -0.15) is 0 Å². The largest absolute Gasteiger partial charge is 1.00 e. The van der Waals surface area contributed by atoms with Gasteiger partial charge in [-0.1, -0.05) is 44.2 Å². The van der Waals surface area contributed by atoms with Crippen LogP contribution >= 0.6 is 0 Å². The first-order valence-corrected chi connectivity index (χ1v) is 7.51. The monoisotopic (exact) mass is 283 g/mol. The summed E-state index contributed by atoms with van der Waals surface area (Å²) in [5, 5.41) is 5.16. The van der Waals surface area contributed by atoms with Crippen LogP contribution in [0, 0.1) is 5.92 Å². The van der Waals surface area contributed by atoms with Gasteiger partial charge in [-0.05, 0) is 5.92 Å². The Morgan fingerprint density at radius 3 is 2.64 bits per heavy atom. The summed E-state index contributed by atoms with van der Waals surface area (Å²) < 4.78 is 5.79. The molecule has 2 nitrogen and oxygen atoms in total. The van der Waals surface area contributed by atoms with Crippen LogP contribution in [0.15, 0.2) is 53.5 Å². The first kappa shape index (κ1) is 15.3. The van der Waals surface area contributed by atoms with E-state index in [-0.39, 0.29) is 24.9 Å². The number of fused-ring (bicyclic) bond motifs is 3. The van der Waals surface area contributed by atoms with Gasteiger partial charge < -0.3 is 4.74 Å². The summed E-state index contributed by atoms with van der Waals surface area (Å²) in [6.45, 7) is 5.08. The van der Waals surface area contributed by atoms with Gasteiger partial charge in [0.05, 0.1) is 6.04 Å². The Bertz CT molecular complexity index is 847. The van der Waals surface area contributed by atoms with Gasteiger partial charge in [-0.3, -0.25) is 0 Å². The zero-order chi connectivity index (χ0) is 14.4. The molecule has 22 heavy (non-hydrogen) atoms. The second-order valence-electron chi connectivity index (χ2n) is 6.09. The van der Waals surface area contributed by atoms with Gasteiger partial charge in [0.25, 0.3) is 0 Å². The predicted molar refractivity (Wildman–Crippen MR) is 88.2 cm³/mol. The van der Waals surface area contributed by atoms with Crippen LogP contribution in [0.4, 0.5) is 0 Å². The number of nitrogens with zero attached hydrogens (tertiary/aromatic N) is 1. The summed E-state index contributed by atoms with van der Waals surface area (Å²) in [6, 6.07) is 17.5. The Kier molecular flexibility index (Phi) is 4.08. The Balaban J connectivity index is 0.00000144. The molecular weight excluding hydrogens is 265 g/mol. The Labute approximate surface area is 142 Å². The van der Waals surface area contributed by atoms with Crippen molar-refractivity contribution in [3.05, 3.63) is 54.1 Å². The van der Waals surface area contributed by atoms with Gasteiger partial charge in [-0.25, -0.2) is 4.99 Å². The molecule has 0 radical (unpaired) electrons. The van der Waals surface area contributed by atoms with E-state index >= 15 is 0 Å². The van der Waals surface area contributed by atoms with Crippen molar-refractivity contribution in [3.63, 3.8) is 0 Å². The fourth-order valence-corrected chi connectivity index (χ4v) is 2.98. The molecule has 0 aliphatic carbocycles. The molecule has 3 heteroatoms. The van der Waals surface area contributed by atoms with Crippen molar-refractivity contribution >= 4 is 27.4 Å². The smallest absolute Gasteiger partial charge is 0.476 e. The second kappa shape index (κ2) is 5.87. The van der Waals surface area contributed by atoms with Crippen LogP contribution in [0.5, 0.6) is 0 Å². The van der Waals surface area contributed by atoms with Gasteiger partial charge >= 0.3 is 18.9 Å². The summed E-state index contributed by atoms with van der Waals surface area (Å²) >= 11 is 0. The average Bonchev–Trinajstić information content (AvgIpc) is 3.11. The third-order valence-electron chi connectivity index (χ3n) is 4.30. The van der Waals surface area contributed by atoms with Crippen LogP contribution in [-0.2, 0) is 4.74 Å². The minimum atomic E-state index is 0. The standard InChI is InChI=1S/C19H18NO.Li/c1-12(2)18-11-21-19(20-18)14-7-8-17-15(10-14)9-13-5-3-4-6-16(13)17;/h3-10,12,18H,11H2,1-2H3;/q-1;+1/t18-;/m1./s1. The molecule has 1 aliphatic rings. The van der Waals surface area contributed by atoms with Gasteiger partial charge in [0.2, 0.25) is 5.90 Å². The number of hydrogen-bond donors (Lipinski definition) is 0. The summed E-state index contributed by atoms with van der Waals surface area (Å²) in [5.74, 6) is 1.31. The molecule has 3 aromatic rings. The Hall–Kier alpha value is -1.62. The van der Waals surface area contributed by atoms with Crippen LogP contribution in [0.2, 0.25) is 0 Å². The minimum absolute atomic E-state index is 0. The number of ether oxygens (including phenoxy) is 1. The Morgan fingerprint density at radius 1 is 1.09 bits per heavy atom. The van der Waals surface area contributed by atoms with Crippen LogP contribution in [0.1, 0.15) is 19.4 Å². The topological polar surface area (TPSA) is 21.6 Å². The Morgan fingerprint density at radius 2 is 1.86 bits per heavy atom. The zero-order valence-corrected chi connectivity index (χ0v) is 13.3. The quantitative estimate of drug-likeness (QED) is 0.516. The van der Waals surface area contributed by atoms with E-state index in [1.807, 2.05) is 0 Å². The molecule has 0 bridgehead atoms. The zero-order valence-electron chi connectivity index (χ0n) is 13.3. The van der Waals surface area contributed by atoms with E-state index in [1.165, 1.54) is 21.5 Å². The number of hydrogen-bond acceptors (Lipinski definition) is 2. The van der Waals surface area contributed by atoms with Crippen molar-refractivity contribution in [2.45, 2.75) is 19.9 Å². The van der Waals surface area contributed by atoms with Gasteiger partial charge in [0, 0.05) is 5.56 Å². The van der Waals surface area contributed by atoms with Gasteiger partial charge in [0.1, 0.15) is 6.61 Å². The van der Waals surface area contributed by atoms with E-state index in [2.05, 4.69) is 62.4 Å². The van der Waals surface area contributed by atoms with Crippen LogP contribution in [0.25, 0.3) is 21.5 Å². The molecule has 0 unspecified atom stereocenters. The molecule has 0 aromatic heterocycles. The molecule has 4 rings (SSSR count). The molecule has 1 atom stereocenters. The second-order valence-corrected chi connectivity index (χ2v) is 6.09. The van der Waals surface area contributed by atoms with E-state index in [1.54, 1.807) is 0 Å². The van der Waals surface area contributed by atoms with Crippen LogP contribution < -0.4 is 18.9 Å². The average molecular weight is 283 g/mol. The fraction of sp³-hybridized carbons (Fsp3) is 0.263. The maximum Gasteiger partial charge on any atom is 1.00 e. The molecule has 0 saturated carbocycles. The van der Waals surface area contributed by atoms with Crippen molar-refractivity contribution in [2.75, 3.05) is 6.61 Å². The van der Waals surface area contributed by atoms with Gasteiger partial charge in [-0.15, -0.1) is 39.7 Å². The molecule has 1 heterocycles. The van der Waals surface area contributed by atoms with E-state index in [4.69, 9.17) is 9.73 Å². The SMILES string of the molecule is CC(C)[C@H]1COC(c2ccc3c(c2)[cH-]c2ccccc23)=N1.[Li+]. The minimum Gasteiger partial charge on any atom is -0.476 e. The first-order valence-electron chi connectivity index (χ1n) is 7.51. The van der Waals surface area contributed by atoms with Crippen molar-refractivity contribution in [3.8, 4) is 0 Å². The molecule has 106 valence electrons. The van der Waals surface area contributed by atoms with Crippen molar-refractivity contribution < 1.29 is 23.6 Å². The third-order valence-corrected chi connectivity index (χ3v) is 4.30. The number of aliphatic imine (C=N–C) groups is 1. The van der Waals surface area contributed by atoms with E-state index in [9.17, 15) is 0 Å². The van der Waals surface area contributed by atoms with E-state index in [0.717, 1.165) is 11.5 Å². The molecule has 0 fully saturated rings. The van der Waals surface area contributed by atoms with E-state index < -0.39 is 0 Å². The molecular formula is C19H18LiNO. The molecule has 3 aromatic carbocycles. The predicted octanol–water partition coefficient (Wildman–Crippen LogP) is 1.52. The van der Waals surface area contributed by atoms with Gasteiger partial charge in [0.15, 0.2) is 0 Å². The van der Waals surface area contributed by atoms with Crippen LogP contribution in [-0.4, -0.2) is 18.5 Å². The maximum absolute atomic E-state index is 5.79. The molecule has 0 amide bonds. The van der Waals surface area contributed by atoms with Crippen molar-refractivity contribution in [2.24, 2.45) is 10.9 Å². The molecule has 0 spiro atoms. The third kappa shape index (κ3) is 2.47. The van der Waals surface area contributed by atoms with Crippen molar-refractivity contribution in [1.29, 1.82) is 0 Å². The maximum atomic E-state index is 5.79. The molecule has 0 N–H and O–H groups in total. The van der Waals surface area contributed by atoms with Crippen LogP contribution in [0.3, 0.4) is 0 Å². The molecule has 1 aliphatic heterocycles. The first-order chi connectivity index (χ1) is 10.2. The fourth-order valence-electron chi connectivity index (χ4n) is 2.98. The normalized spacial score (nSPS) is 17.6.